The minimum Gasteiger partial charge on any atom is -0.462 e. The van der Waals surface area contributed by atoms with Crippen molar-refractivity contribution in [2.24, 2.45) is 0 Å². The molecule has 2 saturated heterocycles. The molecule has 4 heterocycles. The van der Waals surface area contributed by atoms with Gasteiger partial charge in [0.2, 0.25) is 0 Å². The van der Waals surface area contributed by atoms with E-state index in [1.807, 2.05) is 0 Å². The standard InChI is InChI=1S/C33H37N7O3/c1-37-16-5-9-26(37)23-43-33-35-29-22-38(30-11-4-8-24-7-2-3-10-27(24)30)17-14-28(29)32(36-33)39-18-19-40(25(21-39)13-15-34)31(42)12-6-20-41/h2-4,7-8,10-11,25-26,41H,5,9,13-14,16-23H2,1H3. The first-order valence-corrected chi connectivity index (χ1v) is 15.0. The van der Waals surface area contributed by atoms with Crippen molar-refractivity contribution in [2.45, 2.75) is 44.3 Å². The Bertz CT molecular complexity index is 1590. The number of carbonyl (C=O) groups excluding carboxylic acids is 1. The van der Waals surface area contributed by atoms with Crippen LogP contribution < -0.4 is 14.5 Å². The lowest BCUT2D eigenvalue weighted by atomic mass is 10.0. The molecule has 2 unspecified atom stereocenters. The van der Waals surface area contributed by atoms with Crippen LogP contribution in [-0.4, -0.2) is 95.9 Å². The molecule has 2 fully saturated rings. The molecule has 222 valence electrons. The van der Waals surface area contributed by atoms with Gasteiger partial charge in [0.05, 0.1) is 30.8 Å². The smallest absolute Gasteiger partial charge is 0.318 e. The van der Waals surface area contributed by atoms with Crippen molar-refractivity contribution in [2.75, 3.05) is 62.8 Å². The zero-order valence-corrected chi connectivity index (χ0v) is 24.6. The van der Waals surface area contributed by atoms with Gasteiger partial charge in [-0.05, 0) is 50.2 Å². The molecular weight excluding hydrogens is 542 g/mol. The lowest BCUT2D eigenvalue weighted by Gasteiger charge is -2.41. The number of amides is 1. The summed E-state index contributed by atoms with van der Waals surface area (Å²) < 4.78 is 6.28. The molecule has 0 bridgehead atoms. The summed E-state index contributed by atoms with van der Waals surface area (Å²) in [7, 11) is 2.13. The van der Waals surface area contributed by atoms with Crippen LogP contribution in [0, 0.1) is 23.2 Å². The van der Waals surface area contributed by atoms with Crippen LogP contribution in [0.15, 0.2) is 42.5 Å². The van der Waals surface area contributed by atoms with Gasteiger partial charge in [-0.1, -0.05) is 42.3 Å². The van der Waals surface area contributed by atoms with Gasteiger partial charge in [-0.25, -0.2) is 0 Å². The normalized spacial score (nSPS) is 20.3. The lowest BCUT2D eigenvalue weighted by molar-refractivity contribution is -0.127. The van der Waals surface area contributed by atoms with Gasteiger partial charge in [-0.2, -0.15) is 15.2 Å². The Balaban J connectivity index is 1.31. The molecule has 3 aromatic rings. The van der Waals surface area contributed by atoms with E-state index in [1.165, 1.54) is 16.5 Å². The van der Waals surface area contributed by atoms with E-state index >= 15 is 0 Å². The van der Waals surface area contributed by atoms with E-state index in [4.69, 9.17) is 19.8 Å². The number of aliphatic hydroxyl groups is 1. The SMILES string of the molecule is CN1CCCC1COc1nc2c(c(N3CCN(C(=O)C#CCO)C(CC#N)C3)n1)CCN(c1cccc3ccccc13)C2. The highest BCUT2D eigenvalue weighted by atomic mass is 16.5. The van der Waals surface area contributed by atoms with Crippen LogP contribution in [0.5, 0.6) is 6.01 Å². The summed E-state index contributed by atoms with van der Waals surface area (Å²) in [5, 5.41) is 21.0. The van der Waals surface area contributed by atoms with E-state index in [2.05, 4.69) is 82.1 Å². The Hall–Kier alpha value is -4.38. The maximum atomic E-state index is 12.7. The Labute approximate surface area is 252 Å². The third-order valence-electron chi connectivity index (χ3n) is 8.85. The molecule has 10 nitrogen and oxygen atoms in total. The minimum atomic E-state index is -0.378. The number of anilines is 2. The lowest BCUT2D eigenvalue weighted by Crippen LogP contribution is -2.55. The molecule has 2 aromatic carbocycles. The molecule has 3 aliphatic rings. The predicted octanol–water partition coefficient (Wildman–Crippen LogP) is 2.59. The fraction of sp³-hybridized carbons (Fsp3) is 0.455. The summed E-state index contributed by atoms with van der Waals surface area (Å²) in [6.45, 7) is 4.10. The van der Waals surface area contributed by atoms with Crippen LogP contribution >= 0.6 is 0 Å². The van der Waals surface area contributed by atoms with Crippen LogP contribution in [0.4, 0.5) is 11.5 Å². The van der Waals surface area contributed by atoms with Crippen molar-refractivity contribution in [1.82, 2.24) is 19.8 Å². The van der Waals surface area contributed by atoms with Gasteiger partial charge in [-0.15, -0.1) is 0 Å². The monoisotopic (exact) mass is 579 g/mol. The van der Waals surface area contributed by atoms with Crippen molar-refractivity contribution in [3.05, 3.63) is 53.7 Å². The van der Waals surface area contributed by atoms with Gasteiger partial charge in [0.15, 0.2) is 0 Å². The molecular formula is C33H37N7O3. The molecule has 0 spiro atoms. The molecule has 2 atom stereocenters. The average Bonchev–Trinajstić information content (AvgIpc) is 3.46. The summed E-state index contributed by atoms with van der Waals surface area (Å²) >= 11 is 0. The van der Waals surface area contributed by atoms with E-state index in [0.717, 1.165) is 49.4 Å². The van der Waals surface area contributed by atoms with Gasteiger partial charge in [0.25, 0.3) is 5.91 Å². The molecule has 1 N–H and O–H groups in total. The molecule has 0 saturated carbocycles. The predicted molar refractivity (Wildman–Crippen MR) is 165 cm³/mol. The number of ether oxygens (including phenoxy) is 1. The first kappa shape index (κ1) is 28.7. The number of hydrogen-bond donors (Lipinski definition) is 1. The number of likely N-dealkylation sites (tertiary alicyclic amines) is 1. The Morgan fingerprint density at radius 1 is 1.07 bits per heavy atom. The van der Waals surface area contributed by atoms with Crippen molar-refractivity contribution in [3.8, 4) is 23.9 Å². The highest BCUT2D eigenvalue weighted by Gasteiger charge is 2.34. The van der Waals surface area contributed by atoms with Gasteiger partial charge < -0.3 is 29.4 Å². The molecule has 1 amide bonds. The zero-order valence-electron chi connectivity index (χ0n) is 24.6. The van der Waals surface area contributed by atoms with Crippen molar-refractivity contribution >= 4 is 28.2 Å². The van der Waals surface area contributed by atoms with Gasteiger partial charge in [0, 0.05) is 48.9 Å². The molecule has 0 aliphatic carbocycles. The number of piperazine rings is 1. The van der Waals surface area contributed by atoms with E-state index < -0.39 is 0 Å². The number of aromatic nitrogens is 2. The maximum Gasteiger partial charge on any atom is 0.318 e. The van der Waals surface area contributed by atoms with Crippen LogP contribution in [0.3, 0.4) is 0 Å². The summed E-state index contributed by atoms with van der Waals surface area (Å²) in [5.74, 6) is 5.39. The largest absolute Gasteiger partial charge is 0.462 e. The number of carbonyl (C=O) groups is 1. The average molecular weight is 580 g/mol. The Morgan fingerprint density at radius 2 is 1.93 bits per heavy atom. The molecule has 6 rings (SSSR count). The van der Waals surface area contributed by atoms with Crippen LogP contribution in [0.1, 0.15) is 30.5 Å². The molecule has 43 heavy (non-hydrogen) atoms. The minimum absolute atomic E-state index is 0.183. The summed E-state index contributed by atoms with van der Waals surface area (Å²) in [4.78, 5) is 31.2. The Kier molecular flexibility index (Phi) is 8.59. The fourth-order valence-electron chi connectivity index (χ4n) is 6.55. The fourth-order valence-corrected chi connectivity index (χ4v) is 6.55. The van der Waals surface area contributed by atoms with E-state index in [1.54, 1.807) is 4.90 Å². The number of nitriles is 1. The van der Waals surface area contributed by atoms with Crippen LogP contribution in [0.25, 0.3) is 10.8 Å². The van der Waals surface area contributed by atoms with Crippen molar-refractivity contribution in [3.63, 3.8) is 0 Å². The second-order valence-electron chi connectivity index (χ2n) is 11.4. The molecule has 1 aromatic heterocycles. The van der Waals surface area contributed by atoms with Crippen LogP contribution in [0.2, 0.25) is 0 Å². The van der Waals surface area contributed by atoms with Crippen LogP contribution in [-0.2, 0) is 17.8 Å². The van der Waals surface area contributed by atoms with Crippen molar-refractivity contribution < 1.29 is 14.6 Å². The van der Waals surface area contributed by atoms with Gasteiger partial charge >= 0.3 is 6.01 Å². The third kappa shape index (κ3) is 6.08. The number of aliphatic hydroxyl groups excluding tert-OH is 1. The second-order valence-corrected chi connectivity index (χ2v) is 11.4. The van der Waals surface area contributed by atoms with Crippen molar-refractivity contribution in [1.29, 1.82) is 5.26 Å². The molecule has 0 radical (unpaired) electrons. The number of likely N-dealkylation sites (N-methyl/N-ethyl adjacent to an activating group) is 1. The summed E-state index contributed by atoms with van der Waals surface area (Å²) in [5.41, 5.74) is 3.23. The van der Waals surface area contributed by atoms with E-state index in [0.29, 0.717) is 44.8 Å². The summed E-state index contributed by atoms with van der Waals surface area (Å²) in [6.07, 6.45) is 3.20. The Morgan fingerprint density at radius 3 is 2.74 bits per heavy atom. The second kappa shape index (κ2) is 12.9. The highest BCUT2D eigenvalue weighted by Crippen LogP contribution is 2.35. The highest BCUT2D eigenvalue weighted by molar-refractivity contribution is 5.95. The number of fused-ring (bicyclic) bond motifs is 2. The molecule has 10 heteroatoms. The first-order chi connectivity index (χ1) is 21.1. The van der Waals surface area contributed by atoms with E-state index in [9.17, 15) is 10.1 Å². The maximum absolute atomic E-state index is 12.7. The first-order valence-electron chi connectivity index (χ1n) is 15.0. The van der Waals surface area contributed by atoms with Gasteiger partial charge in [0.1, 0.15) is 19.0 Å². The third-order valence-corrected chi connectivity index (χ3v) is 8.85. The van der Waals surface area contributed by atoms with E-state index in [-0.39, 0.29) is 25.0 Å². The topological polar surface area (TPSA) is 109 Å². The van der Waals surface area contributed by atoms with Gasteiger partial charge in [-0.3, -0.25) is 4.79 Å². The zero-order chi connectivity index (χ0) is 29.8. The number of nitrogens with zero attached hydrogens (tertiary/aromatic N) is 7. The number of benzene rings is 2. The number of rotatable bonds is 6. The number of hydrogen-bond acceptors (Lipinski definition) is 9. The summed E-state index contributed by atoms with van der Waals surface area (Å²) in [6, 6.07) is 17.5. The molecule has 3 aliphatic heterocycles. The quantitative estimate of drug-likeness (QED) is 0.441.